The van der Waals surface area contributed by atoms with Crippen LogP contribution < -0.4 is 5.69 Å². The molecular formula is C14H8ClFN2O2. The summed E-state index contributed by atoms with van der Waals surface area (Å²) in [6, 6.07) is 8.58. The molecule has 2 aromatic carbocycles. The van der Waals surface area contributed by atoms with Gasteiger partial charge in [-0.25, -0.2) is 9.18 Å². The number of nitrogens with one attached hydrogen (secondary N) is 2. The Bertz CT molecular complexity index is 882. The number of aromatic amines is 2. The van der Waals surface area contributed by atoms with E-state index >= 15 is 0 Å². The van der Waals surface area contributed by atoms with Crippen molar-refractivity contribution in [3.63, 3.8) is 0 Å². The first-order valence-corrected chi connectivity index (χ1v) is 6.14. The lowest BCUT2D eigenvalue weighted by Crippen LogP contribution is -2.01. The molecule has 0 radical (unpaired) electrons. The normalized spacial score (nSPS) is 10.9. The second-order valence-electron chi connectivity index (χ2n) is 4.30. The quantitative estimate of drug-likeness (QED) is 0.713. The molecule has 0 aliphatic heterocycles. The minimum atomic E-state index is -0.575. The Morgan fingerprint density at radius 2 is 1.65 bits per heavy atom. The number of hydrogen-bond donors (Lipinski definition) is 2. The summed E-state index contributed by atoms with van der Waals surface area (Å²) in [6.45, 7) is 0. The second-order valence-corrected chi connectivity index (χ2v) is 4.70. The topological polar surface area (TPSA) is 65.7 Å². The maximum absolute atomic E-state index is 13.1. The van der Waals surface area contributed by atoms with Crippen LogP contribution in [0.3, 0.4) is 0 Å². The number of fused-ring (bicyclic) bond motifs is 1. The Balaban J connectivity index is 2.07. The van der Waals surface area contributed by atoms with Crippen molar-refractivity contribution in [2.75, 3.05) is 0 Å². The fraction of sp³-hybridized carbons (Fsp3) is 0. The molecule has 100 valence electrons. The summed E-state index contributed by atoms with van der Waals surface area (Å²) >= 11 is 5.66. The Morgan fingerprint density at radius 3 is 2.40 bits per heavy atom. The molecule has 3 aromatic rings. The molecule has 0 aliphatic rings. The van der Waals surface area contributed by atoms with Gasteiger partial charge >= 0.3 is 5.69 Å². The summed E-state index contributed by atoms with van der Waals surface area (Å²) in [5.74, 6) is -0.871. The molecule has 0 saturated carbocycles. The molecule has 0 amide bonds. The van der Waals surface area contributed by atoms with Gasteiger partial charge in [-0.2, -0.15) is 0 Å². The van der Waals surface area contributed by atoms with E-state index in [0.717, 1.165) is 6.07 Å². The zero-order valence-electron chi connectivity index (χ0n) is 10.0. The van der Waals surface area contributed by atoms with E-state index in [1.165, 1.54) is 12.1 Å². The number of halogens is 2. The molecule has 1 aromatic heterocycles. The Labute approximate surface area is 117 Å². The summed E-state index contributed by atoms with van der Waals surface area (Å²) in [6.07, 6.45) is 0. The van der Waals surface area contributed by atoms with Gasteiger partial charge in [-0.15, -0.1) is 0 Å². The van der Waals surface area contributed by atoms with E-state index in [4.69, 9.17) is 11.6 Å². The van der Waals surface area contributed by atoms with Gasteiger partial charge < -0.3 is 9.97 Å². The third-order valence-electron chi connectivity index (χ3n) is 2.96. The number of ketones is 1. The van der Waals surface area contributed by atoms with E-state index in [1.807, 2.05) is 0 Å². The second kappa shape index (κ2) is 4.61. The fourth-order valence-corrected chi connectivity index (χ4v) is 2.16. The SMILES string of the molecule is O=C(c1ccc(F)c(Cl)c1)c1ccc2[nH]c(=O)[nH]c2c1. The summed E-state index contributed by atoms with van der Waals surface area (Å²) in [7, 11) is 0. The van der Waals surface area contributed by atoms with E-state index in [0.29, 0.717) is 16.6 Å². The molecular weight excluding hydrogens is 283 g/mol. The van der Waals surface area contributed by atoms with E-state index in [1.54, 1.807) is 18.2 Å². The summed E-state index contributed by atoms with van der Waals surface area (Å²) in [5, 5.41) is -0.105. The lowest BCUT2D eigenvalue weighted by molar-refractivity contribution is 0.103. The Morgan fingerprint density at radius 1 is 1.00 bits per heavy atom. The molecule has 6 heteroatoms. The van der Waals surface area contributed by atoms with Crippen LogP contribution in [0.2, 0.25) is 5.02 Å². The predicted octanol–water partition coefficient (Wildman–Crippen LogP) is 2.88. The van der Waals surface area contributed by atoms with Crippen molar-refractivity contribution in [2.45, 2.75) is 0 Å². The van der Waals surface area contributed by atoms with Crippen molar-refractivity contribution in [1.82, 2.24) is 9.97 Å². The molecule has 3 rings (SSSR count). The van der Waals surface area contributed by atoms with Crippen LogP contribution in [0.25, 0.3) is 11.0 Å². The number of carbonyl (C=O) groups is 1. The van der Waals surface area contributed by atoms with Crippen molar-refractivity contribution >= 4 is 28.4 Å². The van der Waals surface area contributed by atoms with Crippen LogP contribution in [0.4, 0.5) is 4.39 Å². The van der Waals surface area contributed by atoms with Gasteiger partial charge in [0.05, 0.1) is 16.1 Å². The van der Waals surface area contributed by atoms with Gasteiger partial charge in [0.1, 0.15) is 5.82 Å². The minimum absolute atomic E-state index is 0.105. The van der Waals surface area contributed by atoms with E-state index in [9.17, 15) is 14.0 Å². The van der Waals surface area contributed by atoms with Gasteiger partial charge in [0, 0.05) is 11.1 Å². The first kappa shape index (κ1) is 12.6. The highest BCUT2D eigenvalue weighted by atomic mass is 35.5. The molecule has 2 N–H and O–H groups in total. The zero-order valence-corrected chi connectivity index (χ0v) is 10.8. The molecule has 20 heavy (non-hydrogen) atoms. The molecule has 0 bridgehead atoms. The highest BCUT2D eigenvalue weighted by Crippen LogP contribution is 2.19. The van der Waals surface area contributed by atoms with Crippen LogP contribution in [0.5, 0.6) is 0 Å². The third-order valence-corrected chi connectivity index (χ3v) is 3.25. The van der Waals surface area contributed by atoms with Crippen LogP contribution in [0, 0.1) is 5.82 Å². The number of hydrogen-bond acceptors (Lipinski definition) is 2. The maximum atomic E-state index is 13.1. The third kappa shape index (κ3) is 2.12. The number of aromatic nitrogens is 2. The Kier molecular flexibility index (Phi) is 2.91. The van der Waals surface area contributed by atoms with Crippen LogP contribution >= 0.6 is 11.6 Å². The maximum Gasteiger partial charge on any atom is 0.323 e. The zero-order chi connectivity index (χ0) is 14.3. The van der Waals surface area contributed by atoms with Crippen molar-refractivity contribution in [1.29, 1.82) is 0 Å². The van der Waals surface area contributed by atoms with Crippen LogP contribution in [0.15, 0.2) is 41.2 Å². The fourth-order valence-electron chi connectivity index (χ4n) is 1.98. The molecule has 0 aliphatic carbocycles. The smallest absolute Gasteiger partial charge is 0.306 e. The van der Waals surface area contributed by atoms with E-state index in [2.05, 4.69) is 9.97 Å². The summed E-state index contributed by atoms with van der Waals surface area (Å²) < 4.78 is 13.1. The van der Waals surface area contributed by atoms with Gasteiger partial charge in [0.2, 0.25) is 0 Å². The first-order valence-electron chi connectivity index (χ1n) is 5.76. The van der Waals surface area contributed by atoms with Crippen LogP contribution in [-0.4, -0.2) is 15.8 Å². The van der Waals surface area contributed by atoms with E-state index in [-0.39, 0.29) is 22.1 Å². The van der Waals surface area contributed by atoms with Crippen LogP contribution in [0.1, 0.15) is 15.9 Å². The number of imidazole rings is 1. The average Bonchev–Trinajstić information content (AvgIpc) is 2.80. The number of benzene rings is 2. The largest absolute Gasteiger partial charge is 0.323 e. The monoisotopic (exact) mass is 290 g/mol. The standard InChI is InChI=1S/C14H8ClFN2O2/c15-9-5-7(1-3-10(9)16)13(19)8-2-4-11-12(6-8)18-14(20)17-11/h1-6H,(H2,17,18,20). The van der Waals surface area contributed by atoms with Crippen LogP contribution in [-0.2, 0) is 0 Å². The minimum Gasteiger partial charge on any atom is -0.306 e. The number of H-pyrrole nitrogens is 2. The van der Waals surface area contributed by atoms with E-state index < -0.39 is 5.82 Å². The molecule has 0 atom stereocenters. The lowest BCUT2D eigenvalue weighted by atomic mass is 10.0. The average molecular weight is 291 g/mol. The summed E-state index contributed by atoms with van der Waals surface area (Å²) in [5.41, 5.74) is 1.48. The van der Waals surface area contributed by atoms with Gasteiger partial charge in [0.25, 0.3) is 0 Å². The molecule has 0 spiro atoms. The molecule has 0 fully saturated rings. The number of rotatable bonds is 2. The van der Waals surface area contributed by atoms with Crippen molar-refractivity contribution < 1.29 is 9.18 Å². The predicted molar refractivity (Wildman–Crippen MR) is 73.8 cm³/mol. The number of carbonyl (C=O) groups excluding carboxylic acids is 1. The highest BCUT2D eigenvalue weighted by molar-refractivity contribution is 6.31. The first-order chi connectivity index (χ1) is 9.54. The van der Waals surface area contributed by atoms with Crippen molar-refractivity contribution in [3.05, 3.63) is 68.8 Å². The molecule has 4 nitrogen and oxygen atoms in total. The molecule has 0 unspecified atom stereocenters. The molecule has 1 heterocycles. The van der Waals surface area contributed by atoms with Gasteiger partial charge in [-0.1, -0.05) is 11.6 Å². The lowest BCUT2D eigenvalue weighted by Gasteiger charge is -2.02. The highest BCUT2D eigenvalue weighted by Gasteiger charge is 2.12. The molecule has 0 saturated heterocycles. The van der Waals surface area contributed by atoms with Crippen molar-refractivity contribution in [2.24, 2.45) is 0 Å². The summed E-state index contributed by atoms with van der Waals surface area (Å²) in [4.78, 5) is 28.6. The van der Waals surface area contributed by atoms with Crippen molar-refractivity contribution in [3.8, 4) is 0 Å². The Hall–Kier alpha value is -2.40. The van der Waals surface area contributed by atoms with Gasteiger partial charge in [-0.05, 0) is 36.4 Å². The van der Waals surface area contributed by atoms with Gasteiger partial charge in [0.15, 0.2) is 5.78 Å². The van der Waals surface area contributed by atoms with Gasteiger partial charge in [-0.3, -0.25) is 4.79 Å².